The summed E-state index contributed by atoms with van der Waals surface area (Å²) in [4.78, 5) is 18.2. The highest BCUT2D eigenvalue weighted by molar-refractivity contribution is 7.92. The number of aliphatic hydroxyl groups excluding tert-OH is 1. The minimum atomic E-state index is -4.05. The van der Waals surface area contributed by atoms with Gasteiger partial charge in [-0.3, -0.25) is 4.31 Å². The van der Waals surface area contributed by atoms with E-state index in [1.165, 1.54) is 4.31 Å². The van der Waals surface area contributed by atoms with E-state index < -0.39 is 16.3 Å². The predicted molar refractivity (Wildman–Crippen MR) is 172 cm³/mol. The highest BCUT2D eigenvalue weighted by atomic mass is 32.2. The van der Waals surface area contributed by atoms with E-state index in [1.54, 1.807) is 51.0 Å². The summed E-state index contributed by atoms with van der Waals surface area (Å²) in [6.45, 7) is 6.30. The maximum atomic E-state index is 14.5. The number of hydrogen-bond acceptors (Lipinski definition) is 7. The number of anilines is 2. The number of furan rings is 1. The molecule has 2 amide bonds. The second-order valence-corrected chi connectivity index (χ2v) is 12.9. The van der Waals surface area contributed by atoms with Crippen LogP contribution in [0.25, 0.3) is 11.0 Å². The molecular weight excluding hydrogens is 580 g/mol. The van der Waals surface area contributed by atoms with Crippen molar-refractivity contribution in [2.75, 3.05) is 62.6 Å². The highest BCUT2D eigenvalue weighted by Gasteiger charge is 2.31. The fourth-order valence-electron chi connectivity index (χ4n) is 5.59. The number of fused-ring (bicyclic) bond motifs is 1. The molecule has 2 heterocycles. The lowest BCUT2D eigenvalue weighted by Gasteiger charge is -2.39. The number of nitrogens with zero attached hydrogens (tertiary/aromatic N) is 4. The Morgan fingerprint density at radius 2 is 1.68 bits per heavy atom. The van der Waals surface area contributed by atoms with Gasteiger partial charge in [0.2, 0.25) is 6.29 Å². The van der Waals surface area contributed by atoms with Crippen LogP contribution < -0.4 is 9.21 Å². The molecule has 0 radical (unpaired) electrons. The maximum absolute atomic E-state index is 14.5. The van der Waals surface area contributed by atoms with E-state index in [2.05, 4.69) is 4.90 Å². The lowest BCUT2D eigenvalue weighted by Crippen LogP contribution is -2.51. The van der Waals surface area contributed by atoms with Gasteiger partial charge < -0.3 is 29.0 Å². The summed E-state index contributed by atoms with van der Waals surface area (Å²) >= 11 is 0. The molecule has 0 spiro atoms. The van der Waals surface area contributed by atoms with Gasteiger partial charge in [0, 0.05) is 64.4 Å². The zero-order chi connectivity index (χ0) is 31.4. The van der Waals surface area contributed by atoms with Gasteiger partial charge in [0.1, 0.15) is 5.58 Å². The van der Waals surface area contributed by atoms with Crippen LogP contribution in [0.4, 0.5) is 16.2 Å². The van der Waals surface area contributed by atoms with Gasteiger partial charge in [-0.1, -0.05) is 42.5 Å². The Morgan fingerprint density at radius 1 is 1.00 bits per heavy atom. The van der Waals surface area contributed by atoms with Gasteiger partial charge in [0.25, 0.3) is 10.0 Å². The lowest BCUT2D eigenvalue weighted by molar-refractivity contribution is -0.110. The van der Waals surface area contributed by atoms with Crippen molar-refractivity contribution < 1.29 is 27.5 Å². The van der Waals surface area contributed by atoms with E-state index >= 15 is 0 Å². The molecule has 10 nitrogen and oxygen atoms in total. The molecule has 44 heavy (non-hydrogen) atoms. The molecular formula is C33H40N4O6S. The van der Waals surface area contributed by atoms with Gasteiger partial charge in [-0.15, -0.1) is 0 Å². The minimum Gasteiger partial charge on any atom is -0.455 e. The first-order valence-electron chi connectivity index (χ1n) is 14.8. The Bertz CT molecular complexity index is 1700. The number of piperazine rings is 1. The van der Waals surface area contributed by atoms with Crippen molar-refractivity contribution in [3.05, 3.63) is 89.7 Å². The van der Waals surface area contributed by atoms with Crippen molar-refractivity contribution in [1.82, 2.24) is 9.80 Å². The van der Waals surface area contributed by atoms with Gasteiger partial charge in [-0.2, -0.15) is 0 Å². The van der Waals surface area contributed by atoms with Crippen molar-refractivity contribution in [3.63, 3.8) is 0 Å². The Balaban J connectivity index is 1.52. The summed E-state index contributed by atoms with van der Waals surface area (Å²) in [5.74, 6) is 0.259. The first-order chi connectivity index (χ1) is 21.1. The monoisotopic (exact) mass is 620 g/mol. The molecule has 0 saturated carbocycles. The number of urea groups is 1. The van der Waals surface area contributed by atoms with Gasteiger partial charge in [0.05, 0.1) is 16.3 Å². The molecule has 1 unspecified atom stereocenters. The third-order valence-corrected chi connectivity index (χ3v) is 9.76. The average Bonchev–Trinajstić information content (AvgIpc) is 3.37. The number of rotatable bonds is 10. The van der Waals surface area contributed by atoms with Crippen LogP contribution >= 0.6 is 0 Å². The molecule has 3 aromatic carbocycles. The molecule has 1 saturated heterocycles. The zero-order valence-corrected chi connectivity index (χ0v) is 26.5. The molecule has 0 aliphatic carbocycles. The summed E-state index contributed by atoms with van der Waals surface area (Å²) in [7, 11) is -0.571. The van der Waals surface area contributed by atoms with Crippen molar-refractivity contribution in [2.24, 2.45) is 0 Å². The van der Waals surface area contributed by atoms with Gasteiger partial charge in [-0.25, -0.2) is 13.2 Å². The quantitative estimate of drug-likeness (QED) is 0.249. The number of aliphatic hydroxyl groups is 1. The molecule has 11 heteroatoms. The number of ether oxygens (including phenoxy) is 1. The second kappa shape index (κ2) is 13.3. The Kier molecular flexibility index (Phi) is 9.48. The number of hydrogen-bond donors (Lipinski definition) is 1. The number of sulfonamides is 1. The average molecular weight is 621 g/mol. The fourth-order valence-corrected chi connectivity index (χ4v) is 7.09. The van der Waals surface area contributed by atoms with Crippen LogP contribution in [-0.4, -0.2) is 82.8 Å². The Morgan fingerprint density at radius 3 is 2.36 bits per heavy atom. The smallest absolute Gasteiger partial charge is 0.319 e. The van der Waals surface area contributed by atoms with E-state index in [1.807, 2.05) is 59.5 Å². The standard InChI is InChI=1S/C33H40N4O6S/c1-5-42-32(38)31-24(2)27-23-26(15-16-30(27)43-31)44(40,41)37(18-17-25-11-7-6-8-12-25)29-14-10-9-13-28(29)35-19-21-36(22-20-35)33(39)34(3)4/h6-16,23,32,38H,5,17-22H2,1-4H3. The van der Waals surface area contributed by atoms with E-state index in [0.29, 0.717) is 61.4 Å². The van der Waals surface area contributed by atoms with Crippen molar-refractivity contribution in [2.45, 2.75) is 31.5 Å². The first-order valence-corrected chi connectivity index (χ1v) is 16.3. The third-order valence-electron chi connectivity index (χ3n) is 7.95. The number of aryl methyl sites for hydroxylation is 1. The van der Waals surface area contributed by atoms with Crippen LogP contribution in [0.5, 0.6) is 0 Å². The van der Waals surface area contributed by atoms with Crippen molar-refractivity contribution in [1.29, 1.82) is 0 Å². The third kappa shape index (κ3) is 6.40. The number of carbonyl (C=O) groups excluding carboxylic acids is 1. The maximum Gasteiger partial charge on any atom is 0.319 e. The van der Waals surface area contributed by atoms with Gasteiger partial charge >= 0.3 is 6.03 Å². The highest BCUT2D eigenvalue weighted by Crippen LogP contribution is 2.36. The van der Waals surface area contributed by atoms with Crippen LogP contribution in [-0.2, 0) is 21.2 Å². The van der Waals surface area contributed by atoms with Gasteiger partial charge in [0.15, 0.2) is 5.76 Å². The molecule has 1 N–H and O–H groups in total. The van der Waals surface area contributed by atoms with Crippen LogP contribution in [0.3, 0.4) is 0 Å². The topological polar surface area (TPSA) is 107 Å². The Labute approximate surface area is 259 Å². The normalized spacial score (nSPS) is 14.6. The van der Waals surface area contributed by atoms with E-state index in [4.69, 9.17) is 9.15 Å². The molecule has 4 aromatic rings. The molecule has 1 aromatic heterocycles. The first kappa shape index (κ1) is 31.4. The van der Waals surface area contributed by atoms with E-state index in [-0.39, 0.29) is 23.2 Å². The van der Waals surface area contributed by atoms with Gasteiger partial charge in [-0.05, 0) is 56.2 Å². The second-order valence-electron chi connectivity index (χ2n) is 11.0. The van der Waals surface area contributed by atoms with Crippen LogP contribution in [0, 0.1) is 6.92 Å². The summed E-state index contributed by atoms with van der Waals surface area (Å²) in [6.07, 6.45) is -0.729. The van der Waals surface area contributed by atoms with Crippen LogP contribution in [0.15, 0.2) is 82.1 Å². The summed E-state index contributed by atoms with van der Waals surface area (Å²) in [6, 6.07) is 22.1. The van der Waals surface area contributed by atoms with Crippen LogP contribution in [0.1, 0.15) is 30.1 Å². The SMILES string of the molecule is CCOC(O)c1oc2ccc(S(=O)(=O)N(CCc3ccccc3)c3ccccc3N3CCN(C(=O)N(C)C)CC3)cc2c1C. The summed E-state index contributed by atoms with van der Waals surface area (Å²) < 4.78 is 41.7. The summed E-state index contributed by atoms with van der Waals surface area (Å²) in [5, 5.41) is 11.0. The number of carbonyl (C=O) groups is 1. The molecule has 1 fully saturated rings. The fraction of sp³-hybridized carbons (Fsp3) is 0.364. The lowest BCUT2D eigenvalue weighted by atomic mass is 10.1. The summed E-state index contributed by atoms with van der Waals surface area (Å²) in [5.41, 5.74) is 3.49. The molecule has 1 atom stereocenters. The molecule has 1 aliphatic rings. The molecule has 1 aliphatic heterocycles. The minimum absolute atomic E-state index is 0.0353. The van der Waals surface area contributed by atoms with Crippen molar-refractivity contribution >= 4 is 38.4 Å². The van der Waals surface area contributed by atoms with E-state index in [0.717, 1.165) is 11.3 Å². The largest absolute Gasteiger partial charge is 0.455 e. The van der Waals surface area contributed by atoms with Crippen LogP contribution in [0.2, 0.25) is 0 Å². The number of benzene rings is 3. The Hall–Kier alpha value is -4.06. The molecule has 234 valence electrons. The predicted octanol–water partition coefficient (Wildman–Crippen LogP) is 5.01. The molecule has 0 bridgehead atoms. The molecule has 5 rings (SSSR count). The van der Waals surface area contributed by atoms with E-state index in [9.17, 15) is 18.3 Å². The zero-order valence-electron chi connectivity index (χ0n) is 25.6. The van der Waals surface area contributed by atoms with Crippen molar-refractivity contribution in [3.8, 4) is 0 Å². The number of para-hydroxylation sites is 2. The number of amides is 2.